The lowest BCUT2D eigenvalue weighted by Gasteiger charge is -2.07. The molecule has 22 heavy (non-hydrogen) atoms. The number of halogens is 2. The minimum absolute atomic E-state index is 0.276. The highest BCUT2D eigenvalue weighted by Crippen LogP contribution is 2.28. The molecule has 0 aliphatic rings. The number of aromatic nitrogens is 2. The van der Waals surface area contributed by atoms with E-state index in [0.717, 1.165) is 22.0 Å². The monoisotopic (exact) mass is 334 g/mol. The summed E-state index contributed by atoms with van der Waals surface area (Å²) in [5, 5.41) is 8.83. The van der Waals surface area contributed by atoms with E-state index in [4.69, 9.17) is 27.9 Å². The molecule has 2 aromatic carbocycles. The highest BCUT2D eigenvalue weighted by molar-refractivity contribution is 6.35. The number of H-pyrrole nitrogens is 1. The van der Waals surface area contributed by atoms with Gasteiger partial charge in [0.1, 0.15) is 0 Å². The van der Waals surface area contributed by atoms with Crippen LogP contribution in [0.5, 0.6) is 0 Å². The van der Waals surface area contributed by atoms with Gasteiger partial charge in [-0.2, -0.15) is 5.10 Å². The second-order valence-corrected chi connectivity index (χ2v) is 5.66. The van der Waals surface area contributed by atoms with Gasteiger partial charge >= 0.3 is 5.97 Å². The summed E-state index contributed by atoms with van der Waals surface area (Å²) < 4.78 is 4.78. The first-order valence-corrected chi connectivity index (χ1v) is 7.34. The van der Waals surface area contributed by atoms with Crippen LogP contribution in [0.25, 0.3) is 10.9 Å². The fraction of sp³-hybridized carbons (Fsp3) is 0.125. The molecular weight excluding hydrogens is 323 g/mol. The fourth-order valence-electron chi connectivity index (χ4n) is 2.41. The molecule has 112 valence electrons. The van der Waals surface area contributed by atoms with E-state index in [1.54, 1.807) is 12.1 Å². The van der Waals surface area contributed by atoms with Crippen molar-refractivity contribution in [1.29, 1.82) is 0 Å². The number of fused-ring (bicyclic) bond motifs is 1. The molecule has 0 saturated heterocycles. The summed E-state index contributed by atoms with van der Waals surface area (Å²) in [5.74, 6) is -0.471. The van der Waals surface area contributed by atoms with Crippen LogP contribution in [0.1, 0.15) is 21.6 Å². The molecule has 4 nitrogen and oxygen atoms in total. The average Bonchev–Trinajstić information content (AvgIpc) is 2.94. The minimum atomic E-state index is -0.471. The quantitative estimate of drug-likeness (QED) is 0.728. The summed E-state index contributed by atoms with van der Waals surface area (Å²) in [5.41, 5.74) is 2.92. The number of hydrogen-bond acceptors (Lipinski definition) is 3. The van der Waals surface area contributed by atoms with Crippen molar-refractivity contribution in [3.05, 3.63) is 63.3 Å². The van der Waals surface area contributed by atoms with Gasteiger partial charge in [-0.05, 0) is 35.7 Å². The smallest absolute Gasteiger partial charge is 0.359 e. The number of carbonyl (C=O) groups is 1. The van der Waals surface area contributed by atoms with Crippen LogP contribution in [0.15, 0.2) is 36.4 Å². The first kappa shape index (κ1) is 14.9. The number of hydrogen-bond donors (Lipinski definition) is 1. The van der Waals surface area contributed by atoms with Gasteiger partial charge in [0.15, 0.2) is 5.69 Å². The zero-order valence-electron chi connectivity index (χ0n) is 11.7. The van der Waals surface area contributed by atoms with E-state index in [1.165, 1.54) is 7.11 Å². The number of rotatable bonds is 3. The third-order valence-corrected chi connectivity index (χ3v) is 4.04. The number of nitrogens with one attached hydrogen (secondary N) is 1. The zero-order valence-corrected chi connectivity index (χ0v) is 13.2. The number of nitrogens with zero attached hydrogens (tertiary/aromatic N) is 1. The van der Waals surface area contributed by atoms with E-state index in [9.17, 15) is 4.79 Å². The van der Waals surface area contributed by atoms with Gasteiger partial charge in [0.2, 0.25) is 0 Å². The first-order valence-electron chi connectivity index (χ1n) is 6.58. The van der Waals surface area contributed by atoms with E-state index in [1.807, 2.05) is 24.3 Å². The molecule has 0 fully saturated rings. The average molecular weight is 335 g/mol. The summed E-state index contributed by atoms with van der Waals surface area (Å²) in [6.07, 6.45) is 0.566. The molecule has 1 heterocycles. The van der Waals surface area contributed by atoms with E-state index < -0.39 is 5.97 Å². The molecule has 1 aromatic heterocycles. The van der Waals surface area contributed by atoms with Crippen molar-refractivity contribution in [2.45, 2.75) is 6.42 Å². The van der Waals surface area contributed by atoms with Crippen LogP contribution in [0.2, 0.25) is 10.0 Å². The molecule has 3 aromatic rings. The van der Waals surface area contributed by atoms with Gasteiger partial charge < -0.3 is 4.74 Å². The van der Waals surface area contributed by atoms with Crippen LogP contribution in [-0.4, -0.2) is 23.3 Å². The summed E-state index contributed by atoms with van der Waals surface area (Å²) >= 11 is 12.2. The highest BCUT2D eigenvalue weighted by atomic mass is 35.5. The Morgan fingerprint density at radius 1 is 1.23 bits per heavy atom. The normalized spacial score (nSPS) is 10.9. The molecule has 0 bridgehead atoms. The molecule has 3 rings (SSSR count). The van der Waals surface area contributed by atoms with Gasteiger partial charge in [0, 0.05) is 15.4 Å². The second-order valence-electron chi connectivity index (χ2n) is 4.82. The van der Waals surface area contributed by atoms with Crippen molar-refractivity contribution in [3.63, 3.8) is 0 Å². The van der Waals surface area contributed by atoms with Gasteiger partial charge in [-0.15, -0.1) is 0 Å². The van der Waals surface area contributed by atoms with Crippen molar-refractivity contribution >= 4 is 40.1 Å². The van der Waals surface area contributed by atoms with Crippen LogP contribution in [0.3, 0.4) is 0 Å². The predicted octanol–water partition coefficient (Wildman–Crippen LogP) is 4.25. The van der Waals surface area contributed by atoms with E-state index in [0.29, 0.717) is 16.5 Å². The number of aromatic amines is 1. The molecule has 0 atom stereocenters. The summed E-state index contributed by atoms with van der Waals surface area (Å²) in [7, 11) is 1.33. The standard InChI is InChI=1S/C16H12Cl2N2O2/c1-22-16(21)15-14-10(3-2-4-13(14)19-20-15)7-9-5-6-11(17)8-12(9)18/h2-6,8H,7H2,1H3,(H,19,20). The van der Waals surface area contributed by atoms with E-state index in [-0.39, 0.29) is 5.69 Å². The lowest BCUT2D eigenvalue weighted by atomic mass is 10.00. The highest BCUT2D eigenvalue weighted by Gasteiger charge is 2.18. The van der Waals surface area contributed by atoms with Crippen LogP contribution in [0, 0.1) is 0 Å². The molecule has 1 N–H and O–H groups in total. The van der Waals surface area contributed by atoms with Crippen molar-refractivity contribution in [2.24, 2.45) is 0 Å². The van der Waals surface area contributed by atoms with Gasteiger partial charge in [0.05, 0.1) is 12.6 Å². The van der Waals surface area contributed by atoms with Gasteiger partial charge in [-0.3, -0.25) is 5.10 Å². The van der Waals surface area contributed by atoms with Gasteiger partial charge in [-0.25, -0.2) is 4.79 Å². The van der Waals surface area contributed by atoms with Crippen molar-refractivity contribution in [1.82, 2.24) is 10.2 Å². The summed E-state index contributed by atoms with van der Waals surface area (Å²) in [4.78, 5) is 11.9. The van der Waals surface area contributed by atoms with Crippen molar-refractivity contribution in [2.75, 3.05) is 7.11 Å². The summed E-state index contributed by atoms with van der Waals surface area (Å²) in [6, 6.07) is 11.1. The van der Waals surface area contributed by atoms with Gasteiger partial charge in [-0.1, -0.05) is 41.4 Å². The molecule has 6 heteroatoms. The SMILES string of the molecule is COC(=O)c1n[nH]c2cccc(Cc3ccc(Cl)cc3Cl)c12. The largest absolute Gasteiger partial charge is 0.464 e. The number of esters is 1. The Labute approximate surface area is 137 Å². The Kier molecular flexibility index (Phi) is 4.05. The van der Waals surface area contributed by atoms with E-state index in [2.05, 4.69) is 10.2 Å². The topological polar surface area (TPSA) is 55.0 Å². The maximum Gasteiger partial charge on any atom is 0.359 e. The minimum Gasteiger partial charge on any atom is -0.464 e. The van der Waals surface area contributed by atoms with Crippen LogP contribution in [-0.2, 0) is 11.2 Å². The fourth-order valence-corrected chi connectivity index (χ4v) is 2.88. The first-order chi connectivity index (χ1) is 10.6. The van der Waals surface area contributed by atoms with Crippen LogP contribution in [0.4, 0.5) is 0 Å². The number of ether oxygens (including phenoxy) is 1. The van der Waals surface area contributed by atoms with E-state index >= 15 is 0 Å². The number of methoxy groups -OCH3 is 1. The molecule has 0 aliphatic heterocycles. The Bertz CT molecular complexity index is 858. The zero-order chi connectivity index (χ0) is 15.7. The van der Waals surface area contributed by atoms with Gasteiger partial charge in [0.25, 0.3) is 0 Å². The number of benzene rings is 2. The molecule has 0 spiro atoms. The third-order valence-electron chi connectivity index (χ3n) is 3.45. The molecule has 0 aliphatic carbocycles. The Balaban J connectivity index is 2.10. The lowest BCUT2D eigenvalue weighted by molar-refractivity contribution is 0.0596. The van der Waals surface area contributed by atoms with Crippen molar-refractivity contribution < 1.29 is 9.53 Å². The van der Waals surface area contributed by atoms with Crippen LogP contribution < -0.4 is 0 Å². The molecule has 0 radical (unpaired) electrons. The van der Waals surface area contributed by atoms with Crippen molar-refractivity contribution in [3.8, 4) is 0 Å². The Hall–Kier alpha value is -2.04. The predicted molar refractivity (Wildman–Crippen MR) is 86.7 cm³/mol. The molecule has 0 unspecified atom stereocenters. The Morgan fingerprint density at radius 3 is 2.77 bits per heavy atom. The van der Waals surface area contributed by atoms with Crippen LogP contribution >= 0.6 is 23.2 Å². The molecular formula is C16H12Cl2N2O2. The molecule has 0 amide bonds. The summed E-state index contributed by atoms with van der Waals surface area (Å²) in [6.45, 7) is 0. The lowest BCUT2D eigenvalue weighted by Crippen LogP contribution is -2.03. The maximum absolute atomic E-state index is 11.9. The molecule has 0 saturated carbocycles. The number of carbonyl (C=O) groups excluding carboxylic acids is 1. The maximum atomic E-state index is 11.9. The Morgan fingerprint density at radius 2 is 2.05 bits per heavy atom. The third kappa shape index (κ3) is 2.67. The second kappa shape index (κ2) is 5.99.